The third-order valence-electron chi connectivity index (χ3n) is 3.80. The predicted molar refractivity (Wildman–Crippen MR) is 74.1 cm³/mol. The van der Waals surface area contributed by atoms with Crippen molar-refractivity contribution >= 4 is 16.8 Å². The largest absolute Gasteiger partial charge is 0.337 e. The molecule has 2 N–H and O–H groups in total. The number of likely N-dealkylation sites (tertiary alicyclic amines) is 1. The first-order chi connectivity index (χ1) is 9.28. The van der Waals surface area contributed by atoms with Gasteiger partial charge in [0.25, 0.3) is 5.91 Å². The molecule has 1 saturated heterocycles. The summed E-state index contributed by atoms with van der Waals surface area (Å²) < 4.78 is 0. The van der Waals surface area contributed by atoms with E-state index in [-0.39, 0.29) is 5.91 Å². The summed E-state index contributed by atoms with van der Waals surface area (Å²) in [4.78, 5) is 14.4. The van der Waals surface area contributed by atoms with Gasteiger partial charge in [0.15, 0.2) is 0 Å². The highest BCUT2D eigenvalue weighted by molar-refractivity contribution is 5.97. The number of rotatable bonds is 2. The quantitative estimate of drug-likeness (QED) is 0.855. The lowest BCUT2D eigenvalue weighted by molar-refractivity contribution is 0.0698. The van der Waals surface area contributed by atoms with Crippen molar-refractivity contribution in [1.29, 1.82) is 0 Å². The van der Waals surface area contributed by atoms with Gasteiger partial charge in [0.05, 0.1) is 11.7 Å². The Morgan fingerprint density at radius 2 is 2.42 bits per heavy atom. The van der Waals surface area contributed by atoms with Crippen LogP contribution in [0.3, 0.4) is 0 Å². The van der Waals surface area contributed by atoms with Crippen molar-refractivity contribution in [2.75, 3.05) is 20.1 Å². The van der Waals surface area contributed by atoms with Gasteiger partial charge in [-0.1, -0.05) is 0 Å². The van der Waals surface area contributed by atoms with E-state index in [4.69, 9.17) is 0 Å². The van der Waals surface area contributed by atoms with E-state index in [1.54, 1.807) is 6.20 Å². The van der Waals surface area contributed by atoms with E-state index in [1.807, 2.05) is 30.1 Å². The fourth-order valence-electron chi connectivity index (χ4n) is 2.66. The van der Waals surface area contributed by atoms with E-state index in [2.05, 4.69) is 15.5 Å². The minimum absolute atomic E-state index is 0.114. The summed E-state index contributed by atoms with van der Waals surface area (Å²) in [6.45, 7) is 1.64. The summed E-state index contributed by atoms with van der Waals surface area (Å²) in [5, 5.41) is 11.1. The number of aromatic amines is 1. The maximum absolute atomic E-state index is 12.5. The van der Waals surface area contributed by atoms with Gasteiger partial charge in [-0.05, 0) is 38.1 Å². The summed E-state index contributed by atoms with van der Waals surface area (Å²) in [6, 6.07) is 6.10. The Labute approximate surface area is 112 Å². The summed E-state index contributed by atoms with van der Waals surface area (Å²) in [5.41, 5.74) is 1.70. The molecule has 1 aliphatic heterocycles. The molecule has 2 aromatic rings. The van der Waals surface area contributed by atoms with Crippen molar-refractivity contribution in [3.63, 3.8) is 0 Å². The van der Waals surface area contributed by atoms with Crippen molar-refractivity contribution in [3.05, 3.63) is 30.0 Å². The van der Waals surface area contributed by atoms with Crippen LogP contribution in [0.5, 0.6) is 0 Å². The number of aromatic nitrogens is 2. The Bertz CT molecular complexity index is 592. The average molecular weight is 258 g/mol. The Hall–Kier alpha value is -1.88. The second-order valence-electron chi connectivity index (χ2n) is 5.05. The number of hydrogen-bond acceptors (Lipinski definition) is 3. The van der Waals surface area contributed by atoms with Crippen LogP contribution >= 0.6 is 0 Å². The van der Waals surface area contributed by atoms with E-state index >= 15 is 0 Å². The number of hydrogen-bond donors (Lipinski definition) is 2. The third-order valence-corrected chi connectivity index (χ3v) is 3.80. The molecule has 2 heterocycles. The normalized spacial score (nSPS) is 19.8. The summed E-state index contributed by atoms with van der Waals surface area (Å²) in [6.07, 6.45) is 3.95. The van der Waals surface area contributed by atoms with Crippen molar-refractivity contribution in [1.82, 2.24) is 20.4 Å². The fourth-order valence-corrected chi connectivity index (χ4v) is 2.66. The fraction of sp³-hybridized carbons (Fsp3) is 0.429. The van der Waals surface area contributed by atoms with Gasteiger partial charge in [-0.15, -0.1) is 0 Å². The number of likely N-dealkylation sites (N-methyl/N-ethyl adjacent to an activating group) is 1. The molecule has 19 heavy (non-hydrogen) atoms. The summed E-state index contributed by atoms with van der Waals surface area (Å²) >= 11 is 0. The molecule has 100 valence electrons. The average Bonchev–Trinajstić information content (AvgIpc) is 2.94. The second-order valence-corrected chi connectivity index (χ2v) is 5.05. The van der Waals surface area contributed by atoms with Crippen LogP contribution in [0.1, 0.15) is 23.2 Å². The van der Waals surface area contributed by atoms with Gasteiger partial charge in [-0.25, -0.2) is 0 Å². The molecule has 0 bridgehead atoms. The number of fused-ring (bicyclic) bond motifs is 1. The Morgan fingerprint density at radius 1 is 1.53 bits per heavy atom. The van der Waals surface area contributed by atoms with Gasteiger partial charge in [0, 0.05) is 30.1 Å². The van der Waals surface area contributed by atoms with E-state index in [1.165, 1.54) is 0 Å². The number of nitrogens with zero attached hydrogens (tertiary/aromatic N) is 2. The van der Waals surface area contributed by atoms with E-state index in [9.17, 15) is 4.79 Å². The Kier molecular flexibility index (Phi) is 3.21. The molecule has 5 heteroatoms. The molecule has 1 aromatic heterocycles. The highest BCUT2D eigenvalue weighted by atomic mass is 16.2. The smallest absolute Gasteiger partial charge is 0.253 e. The monoisotopic (exact) mass is 258 g/mol. The SMILES string of the molecule is CN[C@@H]1CCCN(C(=O)c2ccc3[nH]ncc3c2)C1. The number of piperidine rings is 1. The van der Waals surface area contributed by atoms with Gasteiger partial charge >= 0.3 is 0 Å². The summed E-state index contributed by atoms with van der Waals surface area (Å²) in [5.74, 6) is 0.114. The molecular weight excluding hydrogens is 240 g/mol. The second kappa shape index (κ2) is 5.01. The van der Waals surface area contributed by atoms with Gasteiger partial charge in [-0.2, -0.15) is 5.10 Å². The molecule has 1 amide bonds. The molecule has 0 radical (unpaired) electrons. The predicted octanol–water partition coefficient (Wildman–Crippen LogP) is 1.39. The third kappa shape index (κ3) is 2.33. The number of carbonyl (C=O) groups excluding carboxylic acids is 1. The van der Waals surface area contributed by atoms with Crippen molar-refractivity contribution in [3.8, 4) is 0 Å². The molecule has 5 nitrogen and oxygen atoms in total. The molecule has 0 spiro atoms. The van der Waals surface area contributed by atoms with E-state index in [0.717, 1.165) is 42.4 Å². The molecule has 3 rings (SSSR count). The first kappa shape index (κ1) is 12.2. The lowest BCUT2D eigenvalue weighted by atomic mass is 10.0. The molecule has 0 saturated carbocycles. The molecule has 1 aliphatic rings. The number of nitrogens with one attached hydrogen (secondary N) is 2. The highest BCUT2D eigenvalue weighted by Crippen LogP contribution is 2.17. The lowest BCUT2D eigenvalue weighted by Crippen LogP contribution is -2.46. The summed E-state index contributed by atoms with van der Waals surface area (Å²) in [7, 11) is 1.95. The molecule has 1 aromatic carbocycles. The lowest BCUT2D eigenvalue weighted by Gasteiger charge is -2.32. The zero-order chi connectivity index (χ0) is 13.2. The maximum atomic E-state index is 12.5. The van der Waals surface area contributed by atoms with Gasteiger partial charge in [0.2, 0.25) is 0 Å². The van der Waals surface area contributed by atoms with E-state index in [0.29, 0.717) is 6.04 Å². The Balaban J connectivity index is 1.82. The van der Waals surface area contributed by atoms with Crippen LogP contribution in [0.25, 0.3) is 10.9 Å². The van der Waals surface area contributed by atoms with Crippen LogP contribution < -0.4 is 5.32 Å². The minimum atomic E-state index is 0.114. The van der Waals surface area contributed by atoms with E-state index < -0.39 is 0 Å². The molecular formula is C14H18N4O. The Morgan fingerprint density at radius 3 is 3.26 bits per heavy atom. The standard InChI is InChI=1S/C14H18N4O/c1-15-12-3-2-6-18(9-12)14(19)10-4-5-13-11(7-10)8-16-17-13/h4-5,7-8,12,15H,2-3,6,9H2,1H3,(H,16,17)/t12-/m1/s1. The number of amides is 1. The topological polar surface area (TPSA) is 61.0 Å². The van der Waals surface area contributed by atoms with Crippen LogP contribution in [0.2, 0.25) is 0 Å². The van der Waals surface area contributed by atoms with Crippen LogP contribution in [0, 0.1) is 0 Å². The molecule has 1 fully saturated rings. The molecule has 0 aliphatic carbocycles. The molecule has 0 unspecified atom stereocenters. The molecule has 1 atom stereocenters. The van der Waals surface area contributed by atoms with Gasteiger partial charge in [-0.3, -0.25) is 9.89 Å². The van der Waals surface area contributed by atoms with Crippen molar-refractivity contribution in [2.24, 2.45) is 0 Å². The van der Waals surface area contributed by atoms with Crippen LogP contribution in [0.4, 0.5) is 0 Å². The number of carbonyl (C=O) groups is 1. The zero-order valence-corrected chi connectivity index (χ0v) is 11.0. The van der Waals surface area contributed by atoms with Crippen molar-refractivity contribution in [2.45, 2.75) is 18.9 Å². The van der Waals surface area contributed by atoms with Crippen LogP contribution in [0.15, 0.2) is 24.4 Å². The minimum Gasteiger partial charge on any atom is -0.337 e. The highest BCUT2D eigenvalue weighted by Gasteiger charge is 2.23. The first-order valence-corrected chi connectivity index (χ1v) is 6.67. The zero-order valence-electron chi connectivity index (χ0n) is 11.0. The van der Waals surface area contributed by atoms with Crippen LogP contribution in [-0.2, 0) is 0 Å². The first-order valence-electron chi connectivity index (χ1n) is 6.67. The number of benzene rings is 1. The van der Waals surface area contributed by atoms with Crippen molar-refractivity contribution < 1.29 is 4.79 Å². The van der Waals surface area contributed by atoms with Gasteiger partial charge < -0.3 is 10.2 Å². The van der Waals surface area contributed by atoms with Gasteiger partial charge in [0.1, 0.15) is 0 Å². The number of H-pyrrole nitrogens is 1. The maximum Gasteiger partial charge on any atom is 0.253 e. The van der Waals surface area contributed by atoms with Crippen LogP contribution in [-0.4, -0.2) is 47.2 Å².